The lowest BCUT2D eigenvalue weighted by Crippen LogP contribution is -2.48. The Kier molecular flexibility index (Phi) is 13.0. The molecule has 0 aliphatic carbocycles. The number of carbonyl (C=O) groups is 2. The molecule has 12 nitrogen and oxygen atoms in total. The van der Waals surface area contributed by atoms with Crippen LogP contribution in [0.3, 0.4) is 0 Å². The van der Waals surface area contributed by atoms with E-state index in [1.165, 1.54) is 24.3 Å². The number of nitrogens with one attached hydrogen (secondary N) is 2. The van der Waals surface area contributed by atoms with E-state index in [1.807, 2.05) is 30.0 Å². The van der Waals surface area contributed by atoms with Crippen molar-refractivity contribution in [2.24, 2.45) is 0 Å². The van der Waals surface area contributed by atoms with E-state index in [1.54, 1.807) is 30.0 Å². The van der Waals surface area contributed by atoms with Crippen LogP contribution in [0, 0.1) is 29.9 Å². The van der Waals surface area contributed by atoms with Gasteiger partial charge in [-0.15, -0.1) is 0 Å². The van der Waals surface area contributed by atoms with Crippen LogP contribution < -0.4 is 20.9 Å². The molecule has 0 radical (unpaired) electrons. The summed E-state index contributed by atoms with van der Waals surface area (Å²) in [5.74, 6) is -0.869. The molecule has 4 heterocycles. The lowest BCUT2D eigenvalue weighted by atomic mass is 9.89. The number of nitriles is 1. The van der Waals surface area contributed by atoms with E-state index in [0.29, 0.717) is 92.9 Å². The average molecular weight is 796 g/mol. The predicted molar refractivity (Wildman–Crippen MR) is 216 cm³/mol. The second kappa shape index (κ2) is 18.5. The number of rotatable bonds is 8. The highest BCUT2D eigenvalue weighted by Gasteiger charge is 2.28. The largest absolute Gasteiger partial charge is 0.453 e. The van der Waals surface area contributed by atoms with Crippen molar-refractivity contribution in [2.45, 2.75) is 89.3 Å². The van der Waals surface area contributed by atoms with Gasteiger partial charge in [-0.05, 0) is 132 Å². The number of fused-ring (bicyclic) bond motifs is 1. The summed E-state index contributed by atoms with van der Waals surface area (Å²) < 4.78 is 43.4. The molecular formula is C44H51F2N7O5. The lowest BCUT2D eigenvalue weighted by Gasteiger charge is -2.33. The summed E-state index contributed by atoms with van der Waals surface area (Å²) >= 11 is 0. The van der Waals surface area contributed by atoms with Crippen LogP contribution in [0.25, 0.3) is 10.9 Å². The first-order valence-electron chi connectivity index (χ1n) is 20.4. The molecule has 0 spiro atoms. The third kappa shape index (κ3) is 9.48. The summed E-state index contributed by atoms with van der Waals surface area (Å²) in [6, 6.07) is 14.3. The van der Waals surface area contributed by atoms with Gasteiger partial charge in [0.15, 0.2) is 11.6 Å². The van der Waals surface area contributed by atoms with E-state index in [4.69, 9.17) is 9.47 Å². The van der Waals surface area contributed by atoms with Crippen molar-refractivity contribution in [3.8, 4) is 17.6 Å². The van der Waals surface area contributed by atoms with Crippen LogP contribution in [0.5, 0.6) is 11.5 Å². The molecule has 2 amide bonds. The Labute approximate surface area is 337 Å². The van der Waals surface area contributed by atoms with Crippen molar-refractivity contribution < 1.29 is 27.8 Å². The van der Waals surface area contributed by atoms with Gasteiger partial charge in [0.05, 0.1) is 30.4 Å². The molecule has 3 saturated heterocycles. The number of carbonyl (C=O) groups excluding carboxylic acids is 2. The number of anilines is 1. The number of aromatic nitrogens is 2. The molecule has 3 aliphatic heterocycles. The Morgan fingerprint density at radius 3 is 2.57 bits per heavy atom. The van der Waals surface area contributed by atoms with E-state index in [0.717, 1.165) is 32.1 Å². The van der Waals surface area contributed by atoms with Crippen molar-refractivity contribution in [1.29, 1.82) is 5.26 Å². The molecule has 1 aromatic heterocycles. The first kappa shape index (κ1) is 40.8. The molecule has 58 heavy (non-hydrogen) atoms. The third-order valence-corrected chi connectivity index (χ3v) is 11.8. The summed E-state index contributed by atoms with van der Waals surface area (Å²) in [6.07, 6.45) is 7.44. The van der Waals surface area contributed by atoms with Crippen molar-refractivity contribution >= 4 is 28.4 Å². The van der Waals surface area contributed by atoms with Gasteiger partial charge in [-0.25, -0.2) is 13.8 Å². The van der Waals surface area contributed by atoms with Gasteiger partial charge in [0.1, 0.15) is 29.2 Å². The third-order valence-electron chi connectivity index (χ3n) is 11.8. The number of ether oxygens (including phenoxy) is 2. The molecule has 2 N–H and O–H groups in total. The van der Waals surface area contributed by atoms with E-state index in [9.17, 15) is 24.0 Å². The molecule has 3 aromatic carbocycles. The summed E-state index contributed by atoms with van der Waals surface area (Å²) in [5.41, 5.74) is 2.17. The molecule has 306 valence electrons. The van der Waals surface area contributed by atoms with Crippen LogP contribution in [0.4, 0.5) is 14.5 Å². The number of piperidine rings is 2. The highest BCUT2D eigenvalue weighted by Crippen LogP contribution is 2.33. The summed E-state index contributed by atoms with van der Waals surface area (Å²) in [6.45, 7) is 7.18. The van der Waals surface area contributed by atoms with Gasteiger partial charge in [0.25, 0.3) is 5.56 Å². The second-order valence-corrected chi connectivity index (χ2v) is 15.8. The fourth-order valence-electron chi connectivity index (χ4n) is 8.36. The van der Waals surface area contributed by atoms with Gasteiger partial charge < -0.3 is 25.0 Å². The Hall–Kier alpha value is -5.39. The summed E-state index contributed by atoms with van der Waals surface area (Å²) in [7, 11) is 0. The first-order valence-corrected chi connectivity index (χ1v) is 20.4. The molecule has 3 fully saturated rings. The molecule has 0 saturated carbocycles. The zero-order chi connectivity index (χ0) is 40.8. The van der Waals surface area contributed by atoms with Crippen molar-refractivity contribution in [2.75, 3.05) is 51.3 Å². The number of halogens is 2. The Morgan fingerprint density at radius 1 is 0.966 bits per heavy atom. The van der Waals surface area contributed by atoms with Gasteiger partial charge in [0.2, 0.25) is 11.8 Å². The average Bonchev–Trinajstić information content (AvgIpc) is 3.27. The van der Waals surface area contributed by atoms with Crippen LogP contribution in [0.1, 0.15) is 86.9 Å². The lowest BCUT2D eigenvalue weighted by molar-refractivity contribution is -0.133. The van der Waals surface area contributed by atoms with Gasteiger partial charge in [0, 0.05) is 37.5 Å². The Balaban J connectivity index is 0.916. The van der Waals surface area contributed by atoms with Crippen molar-refractivity contribution in [1.82, 2.24) is 24.7 Å². The number of aryl methyl sites for hydroxylation is 1. The fraction of sp³-hybridized carbons (Fsp3) is 0.477. The van der Waals surface area contributed by atoms with Crippen LogP contribution in [-0.2, 0) is 14.3 Å². The van der Waals surface area contributed by atoms with E-state index >= 15 is 4.39 Å². The molecule has 3 atom stereocenters. The van der Waals surface area contributed by atoms with E-state index in [2.05, 4.69) is 20.5 Å². The fourth-order valence-corrected chi connectivity index (χ4v) is 8.36. The van der Waals surface area contributed by atoms with Crippen LogP contribution >= 0.6 is 0 Å². The zero-order valence-electron chi connectivity index (χ0n) is 33.1. The maximum Gasteiger partial charge on any atom is 0.261 e. The maximum absolute atomic E-state index is 15.3. The monoisotopic (exact) mass is 795 g/mol. The topological polar surface area (TPSA) is 142 Å². The highest BCUT2D eigenvalue weighted by atomic mass is 19.1. The Bertz CT molecular complexity index is 2230. The minimum atomic E-state index is -0.670. The molecule has 0 bridgehead atoms. The summed E-state index contributed by atoms with van der Waals surface area (Å²) in [5, 5.41) is 16.0. The standard InChI is InChI=1S/C44H51F2N7O5/c1-28-6-11-37(45)42(36(28)25-47)58-33-9-13-39-35(24-33)44(56)53(27-48-39)32-5-3-4-17-52(20-22-57-21-16-32)41(54)26-51-18-14-30(15-19-51)34-10-8-31(23-38(34)46)50-40-12-7-29(2)49-43(40)55/h6,8-11,13,23-24,27,29-30,32,40,50H,3-5,7,12,14-22,26H2,1-2H3,(H,49,55). The van der Waals surface area contributed by atoms with Crippen molar-refractivity contribution in [3.63, 3.8) is 0 Å². The van der Waals surface area contributed by atoms with Gasteiger partial charge >= 0.3 is 0 Å². The minimum absolute atomic E-state index is 0.0426. The molecule has 14 heteroatoms. The normalized spacial score (nSPS) is 21.5. The number of hydrogen-bond donors (Lipinski definition) is 2. The molecular weight excluding hydrogens is 745 g/mol. The Morgan fingerprint density at radius 2 is 1.79 bits per heavy atom. The number of amides is 2. The number of nitrogens with zero attached hydrogens (tertiary/aromatic N) is 5. The second-order valence-electron chi connectivity index (χ2n) is 15.8. The van der Waals surface area contributed by atoms with Gasteiger partial charge in [-0.2, -0.15) is 5.26 Å². The van der Waals surface area contributed by atoms with Gasteiger partial charge in [-0.1, -0.05) is 12.1 Å². The smallest absolute Gasteiger partial charge is 0.261 e. The van der Waals surface area contributed by atoms with Crippen LogP contribution in [0.2, 0.25) is 0 Å². The SMILES string of the molecule is Cc1ccc(F)c(Oc2ccc3ncn(C4CCCCN(C(=O)CN5CCC(c6ccc(NC7CCC(C)NC7=O)cc6F)CC5)CCOCC4)c(=O)c3c2)c1C#N. The maximum atomic E-state index is 15.3. The number of hydrogen-bond acceptors (Lipinski definition) is 9. The van der Waals surface area contributed by atoms with Gasteiger partial charge in [-0.3, -0.25) is 23.9 Å². The molecule has 4 aromatic rings. The van der Waals surface area contributed by atoms with E-state index in [-0.39, 0.29) is 64.3 Å². The highest BCUT2D eigenvalue weighted by molar-refractivity contribution is 5.85. The first-order chi connectivity index (χ1) is 28.1. The van der Waals surface area contributed by atoms with Crippen molar-refractivity contribution in [3.05, 3.63) is 93.5 Å². The number of benzene rings is 3. The quantitative estimate of drug-likeness (QED) is 0.203. The molecule has 7 rings (SSSR count). The number of likely N-dealkylation sites (tertiary alicyclic amines) is 1. The summed E-state index contributed by atoms with van der Waals surface area (Å²) in [4.78, 5) is 48.3. The minimum Gasteiger partial charge on any atom is -0.453 e. The predicted octanol–water partition coefficient (Wildman–Crippen LogP) is 6.57. The van der Waals surface area contributed by atoms with E-state index < -0.39 is 5.82 Å². The van der Waals surface area contributed by atoms with Crippen LogP contribution in [0.15, 0.2) is 59.7 Å². The molecule has 3 aliphatic rings. The molecule has 3 unspecified atom stereocenters. The van der Waals surface area contributed by atoms with Crippen LogP contribution in [-0.4, -0.2) is 89.2 Å². The zero-order valence-corrected chi connectivity index (χ0v) is 33.1.